The Morgan fingerprint density at radius 3 is 2.60 bits per heavy atom. The van der Waals surface area contributed by atoms with Gasteiger partial charge in [0.15, 0.2) is 0 Å². The van der Waals surface area contributed by atoms with Crippen molar-refractivity contribution in [3.8, 4) is 0 Å². The molecule has 0 aliphatic carbocycles. The molecule has 5 heteroatoms. The van der Waals surface area contributed by atoms with E-state index in [2.05, 4.69) is 4.98 Å². The maximum Gasteiger partial charge on any atom is 0.417 e. The molecule has 0 radical (unpaired) electrons. The number of rotatable bonds is 0. The summed E-state index contributed by atoms with van der Waals surface area (Å²) in [4.78, 5) is 3.71. The van der Waals surface area contributed by atoms with Gasteiger partial charge in [0.05, 0.1) is 11.1 Å². The average molecular weight is 212 g/mol. The van der Waals surface area contributed by atoms with Crippen molar-refractivity contribution in [2.45, 2.75) is 6.18 Å². The fourth-order valence-corrected chi connectivity index (χ4v) is 1.33. The summed E-state index contributed by atoms with van der Waals surface area (Å²) in [5, 5.41) is 0.326. The first-order valence-corrected chi connectivity index (χ1v) is 4.20. The molecular weight excluding hydrogens is 205 g/mol. The van der Waals surface area contributed by atoms with E-state index in [1.54, 1.807) is 18.2 Å². The smallest absolute Gasteiger partial charge is 0.398 e. The molecule has 1 aromatic carbocycles. The lowest BCUT2D eigenvalue weighted by Gasteiger charge is -2.07. The zero-order valence-corrected chi connectivity index (χ0v) is 7.55. The summed E-state index contributed by atoms with van der Waals surface area (Å²) in [6.07, 6.45) is -3.58. The van der Waals surface area contributed by atoms with Crippen LogP contribution in [0.5, 0.6) is 0 Å². The van der Waals surface area contributed by atoms with E-state index >= 15 is 0 Å². The van der Waals surface area contributed by atoms with E-state index in [4.69, 9.17) is 5.73 Å². The highest BCUT2D eigenvalue weighted by molar-refractivity contribution is 5.90. The molecule has 0 unspecified atom stereocenters. The zero-order valence-electron chi connectivity index (χ0n) is 7.55. The molecule has 0 bridgehead atoms. The molecule has 0 amide bonds. The molecule has 0 aliphatic rings. The van der Waals surface area contributed by atoms with E-state index in [-0.39, 0.29) is 0 Å². The third kappa shape index (κ3) is 1.72. The standard InChI is InChI=1S/C10H7F3N2/c11-10(12,13)6-4-7-8(14)2-1-3-9(7)15-5-6/h1-5H,14H2. The minimum atomic E-state index is -4.39. The number of alkyl halides is 3. The predicted molar refractivity (Wildman–Crippen MR) is 51.2 cm³/mol. The van der Waals surface area contributed by atoms with Crippen molar-refractivity contribution in [1.29, 1.82) is 0 Å². The van der Waals surface area contributed by atoms with Crippen LogP contribution >= 0.6 is 0 Å². The molecule has 0 fully saturated rings. The summed E-state index contributed by atoms with van der Waals surface area (Å²) in [6, 6.07) is 5.83. The molecule has 0 saturated heterocycles. The van der Waals surface area contributed by atoms with Crippen LogP contribution in [0.4, 0.5) is 18.9 Å². The molecule has 78 valence electrons. The Morgan fingerprint density at radius 2 is 1.93 bits per heavy atom. The van der Waals surface area contributed by atoms with Gasteiger partial charge >= 0.3 is 6.18 Å². The quantitative estimate of drug-likeness (QED) is 0.682. The molecular formula is C10H7F3N2. The number of hydrogen-bond donors (Lipinski definition) is 1. The van der Waals surface area contributed by atoms with Crippen LogP contribution in [0.25, 0.3) is 10.9 Å². The Labute approximate surface area is 83.5 Å². The lowest BCUT2D eigenvalue weighted by atomic mass is 10.1. The molecule has 2 nitrogen and oxygen atoms in total. The van der Waals surface area contributed by atoms with Crippen LogP contribution < -0.4 is 5.73 Å². The van der Waals surface area contributed by atoms with Crippen LogP contribution in [0.3, 0.4) is 0 Å². The second-order valence-corrected chi connectivity index (χ2v) is 3.14. The van der Waals surface area contributed by atoms with Gasteiger partial charge in [-0.25, -0.2) is 0 Å². The molecule has 1 aromatic heterocycles. The second-order valence-electron chi connectivity index (χ2n) is 3.14. The number of nitrogens with zero attached hydrogens (tertiary/aromatic N) is 1. The Morgan fingerprint density at radius 1 is 1.20 bits per heavy atom. The van der Waals surface area contributed by atoms with Gasteiger partial charge in [-0.3, -0.25) is 4.98 Å². The van der Waals surface area contributed by atoms with E-state index in [1.165, 1.54) is 0 Å². The lowest BCUT2D eigenvalue weighted by molar-refractivity contribution is -0.137. The normalized spacial score (nSPS) is 11.9. The number of fused-ring (bicyclic) bond motifs is 1. The van der Waals surface area contributed by atoms with E-state index in [9.17, 15) is 13.2 Å². The fourth-order valence-electron chi connectivity index (χ4n) is 1.33. The highest BCUT2D eigenvalue weighted by Gasteiger charge is 2.31. The summed E-state index contributed by atoms with van der Waals surface area (Å²) in [7, 11) is 0. The van der Waals surface area contributed by atoms with Crippen molar-refractivity contribution in [3.05, 3.63) is 36.0 Å². The van der Waals surface area contributed by atoms with Crippen LogP contribution in [0, 0.1) is 0 Å². The van der Waals surface area contributed by atoms with E-state index in [0.717, 1.165) is 12.3 Å². The summed E-state index contributed by atoms with van der Waals surface area (Å²) in [6.45, 7) is 0. The fraction of sp³-hybridized carbons (Fsp3) is 0.100. The van der Waals surface area contributed by atoms with Gasteiger partial charge in [0.2, 0.25) is 0 Å². The van der Waals surface area contributed by atoms with Crippen LogP contribution in [-0.2, 0) is 6.18 Å². The van der Waals surface area contributed by atoms with Crippen LogP contribution in [0.2, 0.25) is 0 Å². The first kappa shape index (κ1) is 9.76. The summed E-state index contributed by atoms with van der Waals surface area (Å²) >= 11 is 0. The number of nitrogen functional groups attached to an aromatic ring is 1. The Hall–Kier alpha value is -1.78. The Balaban J connectivity index is 2.70. The summed E-state index contributed by atoms with van der Waals surface area (Å²) in [5.41, 5.74) is 5.54. The Kier molecular flexibility index (Phi) is 2.03. The van der Waals surface area contributed by atoms with E-state index in [0.29, 0.717) is 16.6 Å². The number of anilines is 1. The predicted octanol–water partition coefficient (Wildman–Crippen LogP) is 2.84. The van der Waals surface area contributed by atoms with Gasteiger partial charge in [-0.2, -0.15) is 13.2 Å². The highest BCUT2D eigenvalue weighted by atomic mass is 19.4. The topological polar surface area (TPSA) is 38.9 Å². The number of aromatic nitrogens is 1. The minimum Gasteiger partial charge on any atom is -0.398 e. The molecule has 15 heavy (non-hydrogen) atoms. The Bertz CT molecular complexity index is 505. The van der Waals surface area contributed by atoms with Gasteiger partial charge in [0, 0.05) is 17.3 Å². The monoisotopic (exact) mass is 212 g/mol. The number of nitrogens with two attached hydrogens (primary N) is 1. The first-order chi connectivity index (χ1) is 6.98. The molecule has 1 heterocycles. The van der Waals surface area contributed by atoms with Crippen molar-refractivity contribution in [2.75, 3.05) is 5.73 Å². The first-order valence-electron chi connectivity index (χ1n) is 4.20. The summed E-state index contributed by atoms with van der Waals surface area (Å²) < 4.78 is 37.1. The van der Waals surface area contributed by atoms with Crippen LogP contribution in [0.1, 0.15) is 5.56 Å². The molecule has 0 aliphatic heterocycles. The molecule has 0 saturated carbocycles. The average Bonchev–Trinajstić information content (AvgIpc) is 2.16. The zero-order chi connectivity index (χ0) is 11.1. The maximum absolute atomic E-state index is 12.4. The van der Waals surface area contributed by atoms with Gasteiger partial charge in [-0.05, 0) is 18.2 Å². The molecule has 0 spiro atoms. The van der Waals surface area contributed by atoms with Crippen molar-refractivity contribution in [2.24, 2.45) is 0 Å². The van der Waals surface area contributed by atoms with Gasteiger partial charge in [-0.15, -0.1) is 0 Å². The van der Waals surface area contributed by atoms with Crippen LogP contribution in [0.15, 0.2) is 30.5 Å². The SMILES string of the molecule is Nc1cccc2ncc(C(F)(F)F)cc12. The highest BCUT2D eigenvalue weighted by Crippen LogP contribution is 2.31. The molecule has 2 rings (SSSR count). The second kappa shape index (κ2) is 3.12. The minimum absolute atomic E-state index is 0.297. The number of hydrogen-bond acceptors (Lipinski definition) is 2. The van der Waals surface area contributed by atoms with Crippen molar-refractivity contribution in [3.63, 3.8) is 0 Å². The van der Waals surface area contributed by atoms with Crippen molar-refractivity contribution in [1.82, 2.24) is 4.98 Å². The van der Waals surface area contributed by atoms with Crippen molar-refractivity contribution >= 4 is 16.6 Å². The lowest BCUT2D eigenvalue weighted by Crippen LogP contribution is -2.05. The molecule has 2 N–H and O–H groups in total. The third-order valence-corrected chi connectivity index (χ3v) is 2.09. The van der Waals surface area contributed by atoms with Crippen molar-refractivity contribution < 1.29 is 13.2 Å². The number of pyridine rings is 1. The van der Waals surface area contributed by atoms with Gasteiger partial charge in [0.1, 0.15) is 0 Å². The van der Waals surface area contributed by atoms with Gasteiger partial charge in [0.25, 0.3) is 0 Å². The van der Waals surface area contributed by atoms with Crippen LogP contribution in [-0.4, -0.2) is 4.98 Å². The largest absolute Gasteiger partial charge is 0.417 e. The number of halogens is 3. The number of benzene rings is 1. The molecule has 0 atom stereocenters. The van der Waals surface area contributed by atoms with E-state index in [1.807, 2.05) is 0 Å². The third-order valence-electron chi connectivity index (χ3n) is 2.09. The summed E-state index contributed by atoms with van der Waals surface area (Å²) in [5.74, 6) is 0. The van der Waals surface area contributed by atoms with Gasteiger partial charge < -0.3 is 5.73 Å². The van der Waals surface area contributed by atoms with E-state index < -0.39 is 11.7 Å². The maximum atomic E-state index is 12.4. The molecule has 2 aromatic rings. The van der Waals surface area contributed by atoms with Gasteiger partial charge in [-0.1, -0.05) is 6.07 Å².